The Morgan fingerprint density at radius 1 is 0.933 bits per heavy atom. The number of fused-ring (bicyclic) bond motifs is 1. The molecule has 0 atom stereocenters. The largest absolute Gasteiger partial charge is 0.465 e. The molecule has 0 saturated carbocycles. The van der Waals surface area contributed by atoms with Crippen molar-refractivity contribution in [3.8, 4) is 0 Å². The molecule has 0 radical (unpaired) electrons. The molecule has 30 heavy (non-hydrogen) atoms. The fourth-order valence-electron chi connectivity index (χ4n) is 3.41. The maximum absolute atomic E-state index is 13.3. The summed E-state index contributed by atoms with van der Waals surface area (Å²) in [5.74, 6) is -1.11. The van der Waals surface area contributed by atoms with E-state index in [-0.39, 0.29) is 5.91 Å². The van der Waals surface area contributed by atoms with E-state index >= 15 is 0 Å². The standard InChI is InChI=1S/C24H20N2O3S/c1-26-19-14-13-18(23(28)29-2)15-20(19)30-24(26)25-22(27)21(16-9-5-3-6-10-16)17-11-7-4-8-12-17/h3-15,21H,1-2H3. The Balaban J connectivity index is 1.80. The number of carbonyl (C=O) groups excluding carboxylic acids is 2. The molecule has 0 fully saturated rings. The Bertz CT molecular complexity index is 1230. The molecular formula is C24H20N2O3S. The van der Waals surface area contributed by atoms with Crippen molar-refractivity contribution in [2.24, 2.45) is 12.0 Å². The van der Waals surface area contributed by atoms with Crippen molar-refractivity contribution in [3.05, 3.63) is 100 Å². The number of hydrogen-bond acceptors (Lipinski definition) is 4. The third-order valence-electron chi connectivity index (χ3n) is 4.95. The van der Waals surface area contributed by atoms with Gasteiger partial charge in [-0.1, -0.05) is 72.0 Å². The summed E-state index contributed by atoms with van der Waals surface area (Å²) in [5.41, 5.74) is 3.16. The Morgan fingerprint density at radius 3 is 2.10 bits per heavy atom. The summed E-state index contributed by atoms with van der Waals surface area (Å²) in [7, 11) is 3.22. The van der Waals surface area contributed by atoms with Crippen LogP contribution in [-0.4, -0.2) is 23.6 Å². The van der Waals surface area contributed by atoms with Gasteiger partial charge >= 0.3 is 5.97 Å². The summed E-state index contributed by atoms with van der Waals surface area (Å²) in [6, 6.07) is 24.6. The fourth-order valence-corrected chi connectivity index (χ4v) is 4.48. The summed E-state index contributed by atoms with van der Waals surface area (Å²) in [4.78, 5) is 30.2. The van der Waals surface area contributed by atoms with Crippen LogP contribution in [-0.2, 0) is 16.6 Å². The maximum Gasteiger partial charge on any atom is 0.337 e. The zero-order chi connectivity index (χ0) is 21.1. The van der Waals surface area contributed by atoms with Crippen LogP contribution in [0.15, 0.2) is 83.9 Å². The van der Waals surface area contributed by atoms with Crippen molar-refractivity contribution >= 4 is 33.4 Å². The second-order valence-electron chi connectivity index (χ2n) is 6.82. The van der Waals surface area contributed by atoms with Gasteiger partial charge in [0.1, 0.15) is 0 Å². The first kappa shape index (κ1) is 19.8. The van der Waals surface area contributed by atoms with Crippen molar-refractivity contribution in [1.29, 1.82) is 0 Å². The molecule has 1 heterocycles. The third-order valence-corrected chi connectivity index (χ3v) is 6.04. The average Bonchev–Trinajstić information content (AvgIpc) is 3.09. The first-order valence-corrected chi connectivity index (χ1v) is 10.3. The van der Waals surface area contributed by atoms with Gasteiger partial charge in [-0.15, -0.1) is 0 Å². The number of nitrogens with zero attached hydrogens (tertiary/aromatic N) is 2. The monoisotopic (exact) mass is 416 g/mol. The van der Waals surface area contributed by atoms with Crippen LogP contribution in [0.5, 0.6) is 0 Å². The minimum atomic E-state index is -0.483. The first-order valence-electron chi connectivity index (χ1n) is 9.45. The lowest BCUT2D eigenvalue weighted by atomic mass is 9.91. The Morgan fingerprint density at radius 2 is 1.53 bits per heavy atom. The van der Waals surface area contributed by atoms with Crippen LogP contribution in [0.25, 0.3) is 10.2 Å². The third kappa shape index (κ3) is 3.82. The number of amides is 1. The molecule has 0 N–H and O–H groups in total. The zero-order valence-electron chi connectivity index (χ0n) is 16.6. The molecule has 0 bridgehead atoms. The van der Waals surface area contributed by atoms with E-state index in [0.717, 1.165) is 21.3 Å². The number of methoxy groups -OCH3 is 1. The molecule has 4 rings (SSSR count). The summed E-state index contributed by atoms with van der Waals surface area (Å²) in [5, 5.41) is 0. The highest BCUT2D eigenvalue weighted by atomic mass is 32.1. The van der Waals surface area contributed by atoms with Crippen LogP contribution in [0.1, 0.15) is 27.4 Å². The zero-order valence-corrected chi connectivity index (χ0v) is 17.4. The number of hydrogen-bond donors (Lipinski definition) is 0. The molecule has 5 nitrogen and oxygen atoms in total. The van der Waals surface area contributed by atoms with E-state index in [1.54, 1.807) is 12.1 Å². The van der Waals surface area contributed by atoms with E-state index < -0.39 is 11.9 Å². The average molecular weight is 417 g/mol. The SMILES string of the molecule is COC(=O)c1ccc2c(c1)sc(=NC(=O)C(c1ccccc1)c1ccccc1)n2C. The van der Waals surface area contributed by atoms with Crippen LogP contribution in [0.4, 0.5) is 0 Å². The molecule has 0 aliphatic rings. The fraction of sp³-hybridized carbons (Fsp3) is 0.125. The highest BCUT2D eigenvalue weighted by Crippen LogP contribution is 2.26. The van der Waals surface area contributed by atoms with Crippen molar-refractivity contribution in [3.63, 3.8) is 0 Å². The van der Waals surface area contributed by atoms with Gasteiger partial charge in [-0.05, 0) is 29.3 Å². The highest BCUT2D eigenvalue weighted by molar-refractivity contribution is 7.16. The predicted molar refractivity (Wildman–Crippen MR) is 117 cm³/mol. The number of esters is 1. The molecule has 3 aromatic carbocycles. The number of ether oxygens (including phenoxy) is 1. The molecule has 150 valence electrons. The smallest absolute Gasteiger partial charge is 0.337 e. The second-order valence-corrected chi connectivity index (χ2v) is 7.83. The summed E-state index contributed by atoms with van der Waals surface area (Å²) < 4.78 is 7.53. The van der Waals surface area contributed by atoms with Crippen LogP contribution in [0.3, 0.4) is 0 Å². The van der Waals surface area contributed by atoms with Crippen LogP contribution < -0.4 is 4.80 Å². The lowest BCUT2D eigenvalue weighted by molar-refractivity contribution is -0.118. The van der Waals surface area contributed by atoms with Crippen molar-refractivity contribution in [2.75, 3.05) is 7.11 Å². The second kappa shape index (κ2) is 8.47. The molecule has 4 aromatic rings. The summed E-state index contributed by atoms with van der Waals surface area (Å²) >= 11 is 1.37. The van der Waals surface area contributed by atoms with E-state index in [1.807, 2.05) is 78.3 Å². The van der Waals surface area contributed by atoms with Gasteiger partial charge in [-0.25, -0.2) is 4.79 Å². The first-order chi connectivity index (χ1) is 14.6. The topological polar surface area (TPSA) is 60.7 Å². The van der Waals surface area contributed by atoms with Gasteiger partial charge in [0, 0.05) is 7.05 Å². The maximum atomic E-state index is 13.3. The van der Waals surface area contributed by atoms with Gasteiger partial charge in [0.2, 0.25) is 0 Å². The van der Waals surface area contributed by atoms with Gasteiger partial charge in [0.15, 0.2) is 4.80 Å². The Hall–Kier alpha value is -3.51. The Kier molecular flexibility index (Phi) is 5.59. The molecule has 0 saturated heterocycles. The van der Waals surface area contributed by atoms with E-state index in [0.29, 0.717) is 10.4 Å². The molecule has 0 spiro atoms. The number of aryl methyl sites for hydroxylation is 1. The van der Waals surface area contributed by atoms with E-state index in [9.17, 15) is 9.59 Å². The highest BCUT2D eigenvalue weighted by Gasteiger charge is 2.22. The van der Waals surface area contributed by atoms with Gasteiger partial charge in [0.05, 0.1) is 28.8 Å². The van der Waals surface area contributed by atoms with Crippen LogP contribution >= 0.6 is 11.3 Å². The van der Waals surface area contributed by atoms with Crippen molar-refractivity contribution < 1.29 is 14.3 Å². The molecule has 0 unspecified atom stereocenters. The van der Waals surface area contributed by atoms with E-state index in [2.05, 4.69) is 4.99 Å². The summed E-state index contributed by atoms with van der Waals surface area (Å²) in [6.07, 6.45) is 0. The number of carbonyl (C=O) groups is 2. The number of benzene rings is 3. The normalized spacial score (nSPS) is 11.8. The quantitative estimate of drug-likeness (QED) is 0.467. The molecular weight excluding hydrogens is 396 g/mol. The van der Waals surface area contributed by atoms with E-state index in [4.69, 9.17) is 4.74 Å². The van der Waals surface area contributed by atoms with E-state index in [1.165, 1.54) is 18.4 Å². The number of rotatable bonds is 4. The van der Waals surface area contributed by atoms with Gasteiger partial charge < -0.3 is 9.30 Å². The van der Waals surface area contributed by atoms with Crippen molar-refractivity contribution in [1.82, 2.24) is 4.57 Å². The van der Waals surface area contributed by atoms with Gasteiger partial charge in [-0.2, -0.15) is 4.99 Å². The molecule has 1 aromatic heterocycles. The molecule has 6 heteroatoms. The minimum Gasteiger partial charge on any atom is -0.465 e. The van der Waals surface area contributed by atoms with Gasteiger partial charge in [0.25, 0.3) is 5.91 Å². The van der Waals surface area contributed by atoms with Gasteiger partial charge in [-0.3, -0.25) is 4.79 Å². The lowest BCUT2D eigenvalue weighted by Gasteiger charge is -2.14. The molecule has 0 aliphatic carbocycles. The number of thiazole rings is 1. The molecule has 1 amide bonds. The minimum absolute atomic E-state index is 0.234. The number of aromatic nitrogens is 1. The lowest BCUT2D eigenvalue weighted by Crippen LogP contribution is -2.18. The predicted octanol–water partition coefficient (Wildman–Crippen LogP) is 4.29. The van der Waals surface area contributed by atoms with Crippen molar-refractivity contribution in [2.45, 2.75) is 5.92 Å². The van der Waals surface area contributed by atoms with Crippen LogP contribution in [0, 0.1) is 0 Å². The van der Waals surface area contributed by atoms with Crippen LogP contribution in [0.2, 0.25) is 0 Å². The Labute approximate surface area is 177 Å². The molecule has 0 aliphatic heterocycles. The summed E-state index contributed by atoms with van der Waals surface area (Å²) in [6.45, 7) is 0.